The van der Waals surface area contributed by atoms with Crippen LogP contribution in [0, 0.1) is 0 Å². The number of benzene rings is 2. The van der Waals surface area contributed by atoms with Crippen molar-refractivity contribution in [2.45, 2.75) is 24.2 Å². The summed E-state index contributed by atoms with van der Waals surface area (Å²) < 4.78 is 32.6. The molecule has 4 rings (SSSR count). The minimum atomic E-state index is -3.81. The van der Waals surface area contributed by atoms with Gasteiger partial charge >= 0.3 is 5.76 Å². The fourth-order valence-corrected chi connectivity index (χ4v) is 4.16. The first-order chi connectivity index (χ1) is 12.9. The number of anilines is 2. The van der Waals surface area contributed by atoms with Gasteiger partial charge in [0.05, 0.1) is 16.1 Å². The highest BCUT2D eigenvalue weighted by Gasteiger charge is 2.21. The number of H-pyrrole nitrogens is 1. The summed E-state index contributed by atoms with van der Waals surface area (Å²) in [6.45, 7) is 0.645. The number of hydrogen-bond acceptors (Lipinski definition) is 5. The molecule has 1 saturated heterocycles. The number of oxazole rings is 1. The molecular weight excluding hydrogens is 370 g/mol. The number of hydrogen-bond donors (Lipinski definition) is 2. The number of sulfonamides is 1. The normalized spacial score (nSPS) is 15.3. The molecule has 1 amide bonds. The fraction of sp³-hybridized carbons (Fsp3) is 0.222. The summed E-state index contributed by atoms with van der Waals surface area (Å²) in [6.07, 6.45) is 2.34. The van der Waals surface area contributed by atoms with Gasteiger partial charge in [-0.1, -0.05) is 0 Å². The lowest BCUT2D eigenvalue weighted by Gasteiger charge is -2.26. The molecule has 1 aliphatic heterocycles. The first kappa shape index (κ1) is 17.3. The van der Waals surface area contributed by atoms with E-state index in [1.165, 1.54) is 30.3 Å². The molecular formula is C18H17N3O5S. The van der Waals surface area contributed by atoms with Crippen molar-refractivity contribution < 1.29 is 17.6 Å². The summed E-state index contributed by atoms with van der Waals surface area (Å²) >= 11 is 0. The molecule has 0 bridgehead atoms. The van der Waals surface area contributed by atoms with Crippen molar-refractivity contribution in [3.05, 3.63) is 53.0 Å². The summed E-state index contributed by atoms with van der Waals surface area (Å²) in [7, 11) is -3.81. The zero-order valence-electron chi connectivity index (χ0n) is 14.3. The van der Waals surface area contributed by atoms with E-state index in [0.717, 1.165) is 12.8 Å². The number of nitrogens with one attached hydrogen (secondary N) is 2. The first-order valence-electron chi connectivity index (χ1n) is 8.48. The third-order valence-electron chi connectivity index (χ3n) is 4.45. The van der Waals surface area contributed by atoms with E-state index >= 15 is 0 Å². The zero-order valence-corrected chi connectivity index (χ0v) is 15.1. The van der Waals surface area contributed by atoms with E-state index in [9.17, 15) is 18.0 Å². The molecule has 1 aliphatic rings. The van der Waals surface area contributed by atoms with E-state index in [4.69, 9.17) is 4.42 Å². The second-order valence-corrected chi connectivity index (χ2v) is 8.01. The maximum absolute atomic E-state index is 12.6. The van der Waals surface area contributed by atoms with Gasteiger partial charge in [-0.2, -0.15) is 0 Å². The molecule has 2 heterocycles. The largest absolute Gasteiger partial charge is 0.417 e. The number of carbonyl (C=O) groups is 1. The van der Waals surface area contributed by atoms with Crippen molar-refractivity contribution in [3.63, 3.8) is 0 Å². The van der Waals surface area contributed by atoms with Crippen molar-refractivity contribution in [1.29, 1.82) is 0 Å². The van der Waals surface area contributed by atoms with Crippen molar-refractivity contribution in [2.24, 2.45) is 0 Å². The van der Waals surface area contributed by atoms with E-state index in [1.54, 1.807) is 17.0 Å². The number of aromatic amines is 1. The molecule has 0 spiro atoms. The first-order valence-corrected chi connectivity index (χ1v) is 9.97. The van der Waals surface area contributed by atoms with Gasteiger partial charge in [-0.05, 0) is 55.3 Å². The Labute approximate surface area is 154 Å². The van der Waals surface area contributed by atoms with Gasteiger partial charge < -0.3 is 9.32 Å². The molecule has 2 aromatic carbocycles. The summed E-state index contributed by atoms with van der Waals surface area (Å²) in [5.41, 5.74) is 1.74. The van der Waals surface area contributed by atoms with Crippen LogP contribution in [0.1, 0.15) is 19.3 Å². The van der Waals surface area contributed by atoms with Crippen LogP contribution < -0.4 is 15.4 Å². The second-order valence-electron chi connectivity index (χ2n) is 6.33. The lowest BCUT2D eigenvalue weighted by atomic mass is 10.1. The molecule has 0 unspecified atom stereocenters. The summed E-state index contributed by atoms with van der Waals surface area (Å²) in [4.78, 5) is 27.4. The maximum Gasteiger partial charge on any atom is 0.417 e. The maximum atomic E-state index is 12.6. The van der Waals surface area contributed by atoms with Crippen LogP contribution in [0.25, 0.3) is 11.1 Å². The van der Waals surface area contributed by atoms with E-state index in [-0.39, 0.29) is 10.8 Å². The van der Waals surface area contributed by atoms with Gasteiger partial charge in [-0.15, -0.1) is 0 Å². The highest BCUT2D eigenvalue weighted by molar-refractivity contribution is 7.92. The van der Waals surface area contributed by atoms with E-state index in [2.05, 4.69) is 9.71 Å². The molecule has 3 aromatic rings. The van der Waals surface area contributed by atoms with Crippen LogP contribution in [0.5, 0.6) is 0 Å². The van der Waals surface area contributed by atoms with Crippen LogP contribution in [-0.2, 0) is 14.8 Å². The number of amides is 1. The Bertz CT molecular complexity index is 1160. The average molecular weight is 387 g/mol. The Morgan fingerprint density at radius 1 is 1.04 bits per heavy atom. The number of carbonyl (C=O) groups excluding carboxylic acids is 1. The summed E-state index contributed by atoms with van der Waals surface area (Å²) in [5.74, 6) is -0.551. The monoisotopic (exact) mass is 387 g/mol. The highest BCUT2D eigenvalue weighted by atomic mass is 32.2. The Morgan fingerprint density at radius 3 is 2.56 bits per heavy atom. The average Bonchev–Trinajstić information content (AvgIpc) is 3.01. The van der Waals surface area contributed by atoms with E-state index in [0.29, 0.717) is 35.4 Å². The van der Waals surface area contributed by atoms with Crippen LogP contribution >= 0.6 is 0 Å². The Balaban J connectivity index is 1.57. The quantitative estimate of drug-likeness (QED) is 0.714. The van der Waals surface area contributed by atoms with E-state index < -0.39 is 15.8 Å². The Kier molecular flexibility index (Phi) is 4.23. The molecule has 27 heavy (non-hydrogen) atoms. The van der Waals surface area contributed by atoms with Crippen molar-refractivity contribution in [1.82, 2.24) is 4.98 Å². The molecule has 140 valence electrons. The molecule has 9 heteroatoms. The predicted octanol–water partition coefficient (Wildman–Crippen LogP) is 2.44. The Morgan fingerprint density at radius 2 is 1.81 bits per heavy atom. The molecule has 0 atom stereocenters. The number of piperidine rings is 1. The predicted molar refractivity (Wildman–Crippen MR) is 100 cm³/mol. The lowest BCUT2D eigenvalue weighted by molar-refractivity contribution is -0.119. The third-order valence-corrected chi connectivity index (χ3v) is 5.85. The van der Waals surface area contributed by atoms with Crippen LogP contribution in [0.2, 0.25) is 0 Å². The van der Waals surface area contributed by atoms with E-state index in [1.807, 2.05) is 0 Å². The zero-order chi connectivity index (χ0) is 19.0. The molecule has 0 saturated carbocycles. The van der Waals surface area contributed by atoms with Crippen LogP contribution in [0.15, 0.2) is 56.6 Å². The Hall–Kier alpha value is -3.07. The van der Waals surface area contributed by atoms with Gasteiger partial charge in [-0.25, -0.2) is 13.2 Å². The number of rotatable bonds is 4. The molecule has 1 fully saturated rings. The van der Waals surface area contributed by atoms with Gasteiger partial charge in [0, 0.05) is 18.7 Å². The van der Waals surface area contributed by atoms with Gasteiger partial charge in [-0.3, -0.25) is 14.5 Å². The number of aromatic nitrogens is 1. The van der Waals surface area contributed by atoms with Gasteiger partial charge in [0.2, 0.25) is 5.91 Å². The van der Waals surface area contributed by atoms with Crippen LogP contribution in [-0.4, -0.2) is 25.9 Å². The molecule has 0 radical (unpaired) electrons. The van der Waals surface area contributed by atoms with Gasteiger partial charge in [0.15, 0.2) is 5.58 Å². The van der Waals surface area contributed by atoms with Crippen molar-refractivity contribution in [3.8, 4) is 0 Å². The smallest absolute Gasteiger partial charge is 0.408 e. The van der Waals surface area contributed by atoms with Gasteiger partial charge in [0.25, 0.3) is 10.0 Å². The molecule has 0 aliphatic carbocycles. The molecule has 1 aromatic heterocycles. The summed E-state index contributed by atoms with van der Waals surface area (Å²) in [6, 6.07) is 10.7. The minimum Gasteiger partial charge on any atom is -0.408 e. The minimum absolute atomic E-state index is 0.0531. The lowest BCUT2D eigenvalue weighted by Crippen LogP contribution is -2.35. The van der Waals surface area contributed by atoms with Crippen molar-refractivity contribution in [2.75, 3.05) is 16.2 Å². The fourth-order valence-electron chi connectivity index (χ4n) is 3.11. The molecule has 8 nitrogen and oxygen atoms in total. The second kappa shape index (κ2) is 6.58. The van der Waals surface area contributed by atoms with Crippen LogP contribution in [0.3, 0.4) is 0 Å². The SMILES string of the molecule is O=C1CCCCN1c1ccc(S(=O)(=O)Nc2ccc3oc(=O)[nH]c3c2)cc1. The highest BCUT2D eigenvalue weighted by Crippen LogP contribution is 2.24. The standard InChI is InChI=1S/C18H17N3O5S/c22-17-3-1-2-10-21(17)13-5-7-14(8-6-13)27(24,25)20-12-4-9-16-15(11-12)19-18(23)26-16/h4-9,11,20H,1-3,10H2,(H,19,23). The number of fused-ring (bicyclic) bond motifs is 1. The third kappa shape index (κ3) is 3.45. The van der Waals surface area contributed by atoms with Crippen LogP contribution in [0.4, 0.5) is 11.4 Å². The topological polar surface area (TPSA) is 112 Å². The molecule has 2 N–H and O–H groups in total. The van der Waals surface area contributed by atoms with Crippen molar-refractivity contribution >= 4 is 38.4 Å². The summed E-state index contributed by atoms with van der Waals surface area (Å²) in [5, 5.41) is 0. The van der Waals surface area contributed by atoms with Gasteiger partial charge in [0.1, 0.15) is 0 Å². The number of nitrogens with zero attached hydrogens (tertiary/aromatic N) is 1.